The lowest BCUT2D eigenvalue weighted by Crippen LogP contribution is -2.40. The van der Waals surface area contributed by atoms with Crippen LogP contribution >= 0.6 is 0 Å². The minimum absolute atomic E-state index is 0.0677. The Kier molecular flexibility index (Phi) is 4.34. The number of nitrogens with zero attached hydrogens (tertiary/aromatic N) is 2. The smallest absolute Gasteiger partial charge is 0.128 e. The molecule has 1 aliphatic heterocycles. The molecule has 1 unspecified atom stereocenters. The van der Waals surface area contributed by atoms with Gasteiger partial charge in [0.25, 0.3) is 0 Å². The summed E-state index contributed by atoms with van der Waals surface area (Å²) in [6.07, 6.45) is 4.33. The highest BCUT2D eigenvalue weighted by Crippen LogP contribution is 2.20. The molecule has 17 heavy (non-hydrogen) atoms. The van der Waals surface area contributed by atoms with Crippen molar-refractivity contribution < 1.29 is 9.84 Å². The molecule has 1 fully saturated rings. The Balaban J connectivity index is 2.05. The van der Waals surface area contributed by atoms with Crippen molar-refractivity contribution >= 4 is 5.82 Å². The Hall–Kier alpha value is -1.13. The van der Waals surface area contributed by atoms with Crippen LogP contribution < -0.4 is 4.90 Å². The van der Waals surface area contributed by atoms with Gasteiger partial charge < -0.3 is 14.7 Å². The van der Waals surface area contributed by atoms with Crippen LogP contribution in [0, 0.1) is 0 Å². The minimum atomic E-state index is 0.0677. The van der Waals surface area contributed by atoms with Crippen LogP contribution in [-0.4, -0.2) is 35.9 Å². The maximum Gasteiger partial charge on any atom is 0.128 e. The number of pyridine rings is 1. The monoisotopic (exact) mass is 236 g/mol. The number of hydrogen-bond acceptors (Lipinski definition) is 4. The van der Waals surface area contributed by atoms with Crippen molar-refractivity contribution in [1.82, 2.24) is 4.98 Å². The fourth-order valence-corrected chi connectivity index (χ4v) is 2.25. The Morgan fingerprint density at radius 1 is 1.59 bits per heavy atom. The summed E-state index contributed by atoms with van der Waals surface area (Å²) in [5, 5.41) is 9.13. The van der Waals surface area contributed by atoms with Crippen molar-refractivity contribution in [2.45, 2.75) is 32.5 Å². The van der Waals surface area contributed by atoms with Crippen molar-refractivity contribution in [3.63, 3.8) is 0 Å². The van der Waals surface area contributed by atoms with E-state index < -0.39 is 0 Å². The van der Waals surface area contributed by atoms with Gasteiger partial charge in [0, 0.05) is 25.9 Å². The molecule has 1 atom stereocenters. The quantitative estimate of drug-likeness (QED) is 0.862. The number of piperidine rings is 1. The van der Waals surface area contributed by atoms with Gasteiger partial charge >= 0.3 is 0 Å². The largest absolute Gasteiger partial charge is 0.392 e. The minimum Gasteiger partial charge on any atom is -0.392 e. The molecule has 0 saturated carbocycles. The first-order valence-electron chi connectivity index (χ1n) is 6.25. The van der Waals surface area contributed by atoms with Crippen LogP contribution in [0.3, 0.4) is 0 Å². The average molecular weight is 236 g/mol. The lowest BCUT2D eigenvalue weighted by Gasteiger charge is -2.33. The standard InChI is InChI=1S/C13H20N2O2/c1-2-17-12-4-3-7-15(9-12)13-8-11(10-16)5-6-14-13/h5-6,8,12,16H,2-4,7,9-10H2,1H3. The van der Waals surface area contributed by atoms with Crippen LogP contribution in [0.2, 0.25) is 0 Å². The Bertz CT molecular complexity index is 355. The van der Waals surface area contributed by atoms with Crippen molar-refractivity contribution in [3.8, 4) is 0 Å². The zero-order valence-electron chi connectivity index (χ0n) is 10.3. The Labute approximate surface area is 102 Å². The normalized spacial score (nSPS) is 20.6. The highest BCUT2D eigenvalue weighted by Gasteiger charge is 2.20. The van der Waals surface area contributed by atoms with Gasteiger partial charge in [-0.3, -0.25) is 0 Å². The van der Waals surface area contributed by atoms with Crippen LogP contribution in [0.25, 0.3) is 0 Å². The summed E-state index contributed by atoms with van der Waals surface area (Å²) in [6, 6.07) is 3.79. The van der Waals surface area contributed by atoms with Crippen molar-refractivity contribution in [2.24, 2.45) is 0 Å². The van der Waals surface area contributed by atoms with Gasteiger partial charge in [0.05, 0.1) is 12.7 Å². The second-order valence-corrected chi connectivity index (χ2v) is 4.35. The summed E-state index contributed by atoms with van der Waals surface area (Å²) in [5.41, 5.74) is 0.911. The zero-order valence-corrected chi connectivity index (χ0v) is 10.3. The molecular weight excluding hydrogens is 216 g/mol. The predicted molar refractivity (Wildman–Crippen MR) is 67.0 cm³/mol. The lowest BCUT2D eigenvalue weighted by molar-refractivity contribution is 0.0525. The van der Waals surface area contributed by atoms with Crippen molar-refractivity contribution in [3.05, 3.63) is 23.9 Å². The number of rotatable bonds is 4. The van der Waals surface area contributed by atoms with E-state index in [1.807, 2.05) is 19.1 Å². The molecule has 94 valence electrons. The van der Waals surface area contributed by atoms with Crippen LogP contribution in [0.5, 0.6) is 0 Å². The second-order valence-electron chi connectivity index (χ2n) is 4.35. The van der Waals surface area contributed by atoms with E-state index in [4.69, 9.17) is 9.84 Å². The van der Waals surface area contributed by atoms with E-state index in [0.29, 0.717) is 6.10 Å². The van der Waals surface area contributed by atoms with Gasteiger partial charge in [0.2, 0.25) is 0 Å². The SMILES string of the molecule is CCOC1CCCN(c2cc(CO)ccn2)C1. The number of ether oxygens (including phenoxy) is 1. The average Bonchev–Trinajstić information content (AvgIpc) is 2.40. The molecule has 4 heteroatoms. The van der Waals surface area contributed by atoms with Crippen LogP contribution in [-0.2, 0) is 11.3 Å². The maximum absolute atomic E-state index is 9.13. The lowest BCUT2D eigenvalue weighted by atomic mass is 10.1. The zero-order chi connectivity index (χ0) is 12.1. The predicted octanol–water partition coefficient (Wildman–Crippen LogP) is 1.58. The molecule has 1 aromatic rings. The molecule has 0 aliphatic carbocycles. The van der Waals surface area contributed by atoms with Gasteiger partial charge in [-0.15, -0.1) is 0 Å². The van der Waals surface area contributed by atoms with Gasteiger partial charge in [-0.05, 0) is 37.5 Å². The number of anilines is 1. The molecule has 0 spiro atoms. The number of aromatic nitrogens is 1. The van der Waals surface area contributed by atoms with Crippen LogP contribution in [0.15, 0.2) is 18.3 Å². The van der Waals surface area contributed by atoms with E-state index in [2.05, 4.69) is 9.88 Å². The van der Waals surface area contributed by atoms with Gasteiger partial charge in [0.1, 0.15) is 5.82 Å². The molecule has 0 bridgehead atoms. The molecular formula is C13H20N2O2. The van der Waals surface area contributed by atoms with Gasteiger partial charge in [-0.1, -0.05) is 0 Å². The van der Waals surface area contributed by atoms with Crippen molar-refractivity contribution in [2.75, 3.05) is 24.6 Å². The highest BCUT2D eigenvalue weighted by atomic mass is 16.5. The molecule has 1 aromatic heterocycles. The van der Waals surface area contributed by atoms with Crippen molar-refractivity contribution in [1.29, 1.82) is 0 Å². The third kappa shape index (κ3) is 3.17. The third-order valence-corrected chi connectivity index (χ3v) is 3.10. The van der Waals surface area contributed by atoms with E-state index in [-0.39, 0.29) is 6.61 Å². The summed E-state index contributed by atoms with van der Waals surface area (Å²) in [5.74, 6) is 0.945. The maximum atomic E-state index is 9.13. The Morgan fingerprint density at radius 3 is 3.24 bits per heavy atom. The summed E-state index contributed by atoms with van der Waals surface area (Å²) < 4.78 is 5.67. The molecule has 1 aliphatic rings. The molecule has 0 radical (unpaired) electrons. The van der Waals surface area contributed by atoms with E-state index in [1.165, 1.54) is 0 Å². The number of aliphatic hydroxyl groups is 1. The molecule has 0 amide bonds. The first-order chi connectivity index (χ1) is 8.33. The molecule has 2 heterocycles. The van der Waals surface area contributed by atoms with E-state index in [1.54, 1.807) is 6.20 Å². The van der Waals surface area contributed by atoms with Crippen LogP contribution in [0.1, 0.15) is 25.3 Å². The summed E-state index contributed by atoms with van der Waals surface area (Å²) in [7, 11) is 0. The highest BCUT2D eigenvalue weighted by molar-refractivity contribution is 5.41. The molecule has 1 N–H and O–H groups in total. The summed E-state index contributed by atoms with van der Waals surface area (Å²) >= 11 is 0. The fraction of sp³-hybridized carbons (Fsp3) is 0.615. The van der Waals surface area contributed by atoms with Gasteiger partial charge in [-0.2, -0.15) is 0 Å². The van der Waals surface area contributed by atoms with E-state index in [0.717, 1.165) is 43.9 Å². The number of hydrogen-bond donors (Lipinski definition) is 1. The molecule has 1 saturated heterocycles. The fourth-order valence-electron chi connectivity index (χ4n) is 2.25. The van der Waals surface area contributed by atoms with Gasteiger partial charge in [-0.25, -0.2) is 4.98 Å². The van der Waals surface area contributed by atoms with Crippen LogP contribution in [0.4, 0.5) is 5.82 Å². The summed E-state index contributed by atoms with van der Waals surface area (Å²) in [4.78, 5) is 6.60. The molecule has 2 rings (SSSR count). The molecule has 4 nitrogen and oxygen atoms in total. The Morgan fingerprint density at radius 2 is 2.47 bits per heavy atom. The van der Waals surface area contributed by atoms with E-state index >= 15 is 0 Å². The van der Waals surface area contributed by atoms with E-state index in [9.17, 15) is 0 Å². The van der Waals surface area contributed by atoms with Gasteiger partial charge in [0.15, 0.2) is 0 Å². The topological polar surface area (TPSA) is 45.6 Å². The second kappa shape index (κ2) is 5.98. The number of aliphatic hydroxyl groups excluding tert-OH is 1. The third-order valence-electron chi connectivity index (χ3n) is 3.10. The molecule has 0 aromatic carbocycles. The summed E-state index contributed by atoms with van der Waals surface area (Å²) in [6.45, 7) is 4.78. The first-order valence-corrected chi connectivity index (χ1v) is 6.25. The first kappa shape index (κ1) is 12.3.